The minimum atomic E-state index is -0.348. The van der Waals surface area contributed by atoms with E-state index >= 15 is 0 Å². The number of ether oxygens (including phenoxy) is 2. The fourth-order valence-electron chi connectivity index (χ4n) is 5.69. The van der Waals surface area contributed by atoms with Crippen LogP contribution < -0.4 is 11.1 Å². The lowest BCUT2D eigenvalue weighted by Gasteiger charge is -2.37. The number of morpholine rings is 2. The largest absolute Gasteiger partial charge is 0.368 e. The third kappa shape index (κ3) is 7.60. The second-order valence-corrected chi connectivity index (χ2v) is 13.2. The number of aromatic nitrogens is 2. The number of thiazole rings is 2. The SMILES string of the molecule is C=CCNC(=O)CN1CC(c2ccc(-c3csc(C4CN(C(C)C(N)=O)CCO4)n3)cc2)OC(c2nc(-c3ccccc3)cs2)C1. The molecule has 2 aromatic heterocycles. The number of nitrogens with zero attached hydrogens (tertiary/aromatic N) is 4. The van der Waals surface area contributed by atoms with E-state index in [0.29, 0.717) is 39.3 Å². The maximum absolute atomic E-state index is 12.7. The molecule has 2 fully saturated rings. The molecule has 0 bridgehead atoms. The minimum Gasteiger partial charge on any atom is -0.368 e. The van der Waals surface area contributed by atoms with Crippen molar-refractivity contribution in [2.45, 2.75) is 31.3 Å². The van der Waals surface area contributed by atoms with Crippen molar-refractivity contribution in [2.75, 3.05) is 45.9 Å². The van der Waals surface area contributed by atoms with Crippen LogP contribution in [0, 0.1) is 0 Å². The van der Waals surface area contributed by atoms with E-state index in [0.717, 1.165) is 38.1 Å². The molecule has 2 aliphatic rings. The predicted molar refractivity (Wildman–Crippen MR) is 180 cm³/mol. The van der Waals surface area contributed by atoms with Gasteiger partial charge >= 0.3 is 0 Å². The van der Waals surface area contributed by atoms with E-state index in [1.807, 2.05) is 47.5 Å². The van der Waals surface area contributed by atoms with E-state index in [2.05, 4.69) is 46.4 Å². The highest BCUT2D eigenvalue weighted by atomic mass is 32.1. The van der Waals surface area contributed by atoms with Crippen LogP contribution in [0.25, 0.3) is 22.5 Å². The molecular weight excluding hydrogens is 621 g/mol. The first kappa shape index (κ1) is 32.2. The summed E-state index contributed by atoms with van der Waals surface area (Å²) in [6, 6.07) is 18.0. The number of carbonyl (C=O) groups excluding carboxylic acids is 2. The van der Waals surface area contributed by atoms with Crippen LogP contribution in [0.5, 0.6) is 0 Å². The molecule has 2 amide bonds. The Kier molecular flexibility index (Phi) is 10.3. The zero-order valence-corrected chi connectivity index (χ0v) is 27.3. The first-order valence-corrected chi connectivity index (χ1v) is 17.1. The van der Waals surface area contributed by atoms with Gasteiger partial charge in [-0.05, 0) is 12.5 Å². The Morgan fingerprint density at radius 1 is 0.978 bits per heavy atom. The quantitative estimate of drug-likeness (QED) is 0.224. The summed E-state index contributed by atoms with van der Waals surface area (Å²) < 4.78 is 12.7. The Balaban J connectivity index is 1.17. The van der Waals surface area contributed by atoms with Crippen LogP contribution in [0.2, 0.25) is 0 Å². The molecule has 0 radical (unpaired) electrons. The zero-order chi connectivity index (χ0) is 32.0. The number of primary amides is 1. The number of rotatable bonds is 11. The summed E-state index contributed by atoms with van der Waals surface area (Å²) in [5, 5.41) is 8.75. The van der Waals surface area contributed by atoms with Gasteiger partial charge in [-0.3, -0.25) is 19.4 Å². The van der Waals surface area contributed by atoms with Gasteiger partial charge in [-0.25, -0.2) is 9.97 Å². The van der Waals surface area contributed by atoms with E-state index < -0.39 is 0 Å². The molecule has 0 aliphatic carbocycles. The highest BCUT2D eigenvalue weighted by molar-refractivity contribution is 7.10. The Hall–Kier alpha value is -3.78. The van der Waals surface area contributed by atoms with E-state index in [1.54, 1.807) is 28.7 Å². The lowest BCUT2D eigenvalue weighted by Crippen LogP contribution is -2.48. The van der Waals surface area contributed by atoms with Gasteiger partial charge in [0.2, 0.25) is 11.8 Å². The van der Waals surface area contributed by atoms with Crippen molar-refractivity contribution in [3.8, 4) is 22.5 Å². The summed E-state index contributed by atoms with van der Waals surface area (Å²) in [7, 11) is 0. The fourth-order valence-corrected chi connectivity index (χ4v) is 7.41. The van der Waals surface area contributed by atoms with Gasteiger partial charge in [0, 0.05) is 54.6 Å². The Bertz CT molecular complexity index is 1640. The van der Waals surface area contributed by atoms with Gasteiger partial charge in [-0.15, -0.1) is 29.3 Å². The average Bonchev–Trinajstić information content (AvgIpc) is 3.79. The molecule has 46 heavy (non-hydrogen) atoms. The standard InChI is InChI=1S/C34H38N6O4S2/c1-3-13-36-31(41)19-39-16-28(44-30(17-39)34-38-26(20-46-34)23-7-5-4-6-8-23)25-11-9-24(10-12-25)27-21-45-33(37-27)29-18-40(14-15-43-29)22(2)32(35)42/h3-12,20-22,28-30H,1,13-19H2,2H3,(H2,35,42)(H,36,41). The summed E-state index contributed by atoms with van der Waals surface area (Å²) in [5.41, 5.74) is 10.4. The summed E-state index contributed by atoms with van der Waals surface area (Å²) in [6.07, 6.45) is 0.951. The molecule has 6 rings (SSSR count). The van der Waals surface area contributed by atoms with Gasteiger partial charge in [0.05, 0.1) is 36.7 Å². The van der Waals surface area contributed by atoms with Gasteiger partial charge in [-0.1, -0.05) is 60.7 Å². The third-order valence-electron chi connectivity index (χ3n) is 8.29. The van der Waals surface area contributed by atoms with Crippen molar-refractivity contribution in [1.29, 1.82) is 0 Å². The molecule has 3 N–H and O–H groups in total. The number of amides is 2. The molecule has 4 unspecified atom stereocenters. The first-order valence-electron chi connectivity index (χ1n) is 15.3. The second-order valence-electron chi connectivity index (χ2n) is 11.5. The molecule has 4 atom stereocenters. The third-order valence-corrected chi connectivity index (χ3v) is 10.2. The maximum atomic E-state index is 12.7. The van der Waals surface area contributed by atoms with Gasteiger partial charge in [0.1, 0.15) is 22.2 Å². The first-order chi connectivity index (χ1) is 22.4. The molecule has 2 aromatic carbocycles. The Morgan fingerprint density at radius 2 is 1.63 bits per heavy atom. The monoisotopic (exact) mass is 658 g/mol. The Morgan fingerprint density at radius 3 is 2.30 bits per heavy atom. The van der Waals surface area contributed by atoms with Gasteiger partial charge in [0.15, 0.2) is 0 Å². The topological polar surface area (TPSA) is 123 Å². The van der Waals surface area contributed by atoms with Crippen molar-refractivity contribution < 1.29 is 19.1 Å². The second kappa shape index (κ2) is 14.8. The van der Waals surface area contributed by atoms with E-state index in [-0.39, 0.29) is 42.7 Å². The fraction of sp³-hybridized carbons (Fsp3) is 0.353. The van der Waals surface area contributed by atoms with Crippen molar-refractivity contribution in [1.82, 2.24) is 25.1 Å². The number of benzene rings is 2. The summed E-state index contributed by atoms with van der Waals surface area (Å²) in [4.78, 5) is 38.4. The van der Waals surface area contributed by atoms with E-state index in [4.69, 9.17) is 25.2 Å². The average molecular weight is 659 g/mol. The van der Waals surface area contributed by atoms with Crippen LogP contribution in [0.15, 0.2) is 78.0 Å². The maximum Gasteiger partial charge on any atom is 0.234 e. The highest BCUT2D eigenvalue weighted by Gasteiger charge is 2.33. The molecular formula is C34H38N6O4S2. The van der Waals surface area contributed by atoms with Gasteiger partial charge in [-0.2, -0.15) is 0 Å². The summed E-state index contributed by atoms with van der Waals surface area (Å²) in [6.45, 7) is 9.13. The lowest BCUT2D eigenvalue weighted by molar-refractivity contribution is -0.128. The number of nitrogens with one attached hydrogen (secondary N) is 1. The molecule has 240 valence electrons. The number of hydrogen-bond donors (Lipinski definition) is 2. The molecule has 2 saturated heterocycles. The van der Waals surface area contributed by atoms with E-state index in [1.165, 1.54) is 0 Å². The van der Waals surface area contributed by atoms with Crippen molar-refractivity contribution in [3.05, 3.63) is 93.6 Å². The zero-order valence-electron chi connectivity index (χ0n) is 25.7. The smallest absolute Gasteiger partial charge is 0.234 e. The van der Waals surface area contributed by atoms with Crippen LogP contribution in [0.3, 0.4) is 0 Å². The van der Waals surface area contributed by atoms with E-state index in [9.17, 15) is 9.59 Å². The van der Waals surface area contributed by atoms with Crippen LogP contribution >= 0.6 is 22.7 Å². The molecule has 4 aromatic rings. The van der Waals surface area contributed by atoms with Crippen molar-refractivity contribution in [3.63, 3.8) is 0 Å². The Labute approximate surface area is 276 Å². The van der Waals surface area contributed by atoms with Crippen LogP contribution in [-0.2, 0) is 19.1 Å². The van der Waals surface area contributed by atoms with Crippen molar-refractivity contribution >= 4 is 34.5 Å². The molecule has 4 heterocycles. The lowest BCUT2D eigenvalue weighted by atomic mass is 10.0. The molecule has 12 heteroatoms. The molecule has 2 aliphatic heterocycles. The normalized spacial score (nSPS) is 21.5. The minimum absolute atomic E-state index is 0.0488. The molecule has 10 nitrogen and oxygen atoms in total. The highest BCUT2D eigenvalue weighted by Crippen LogP contribution is 2.37. The number of nitrogens with two attached hydrogens (primary N) is 1. The van der Waals surface area contributed by atoms with Crippen LogP contribution in [0.4, 0.5) is 0 Å². The predicted octanol–water partition coefficient (Wildman–Crippen LogP) is 4.60. The van der Waals surface area contributed by atoms with Crippen LogP contribution in [-0.4, -0.2) is 83.5 Å². The number of hydrogen-bond acceptors (Lipinski definition) is 10. The molecule has 0 saturated carbocycles. The summed E-state index contributed by atoms with van der Waals surface area (Å²) in [5.74, 6) is -0.385. The van der Waals surface area contributed by atoms with Crippen LogP contribution in [0.1, 0.15) is 40.8 Å². The molecule has 0 spiro atoms. The number of carbonyl (C=O) groups is 2. The van der Waals surface area contributed by atoms with Gasteiger partial charge < -0.3 is 20.5 Å². The van der Waals surface area contributed by atoms with Gasteiger partial charge in [0.25, 0.3) is 0 Å². The van der Waals surface area contributed by atoms with Crippen molar-refractivity contribution in [2.24, 2.45) is 5.73 Å². The summed E-state index contributed by atoms with van der Waals surface area (Å²) >= 11 is 3.13.